The summed E-state index contributed by atoms with van der Waals surface area (Å²) in [5, 5.41) is 12.8. The molecule has 0 radical (unpaired) electrons. The molecule has 6 heteroatoms. The first kappa shape index (κ1) is 19.2. The second-order valence-electron chi connectivity index (χ2n) is 8.61. The molecule has 28 heavy (non-hydrogen) atoms. The molecule has 1 aromatic heterocycles. The summed E-state index contributed by atoms with van der Waals surface area (Å²) in [6, 6.07) is 4.31. The van der Waals surface area contributed by atoms with E-state index in [0.29, 0.717) is 12.5 Å². The highest BCUT2D eigenvalue weighted by molar-refractivity contribution is 5.83. The summed E-state index contributed by atoms with van der Waals surface area (Å²) in [6.07, 6.45) is 6.93. The van der Waals surface area contributed by atoms with Crippen molar-refractivity contribution in [2.75, 3.05) is 44.6 Å². The summed E-state index contributed by atoms with van der Waals surface area (Å²) in [5.74, 6) is 1.57. The highest BCUT2D eigenvalue weighted by Gasteiger charge is 2.45. The van der Waals surface area contributed by atoms with Crippen LogP contribution in [0.5, 0.6) is 0 Å². The van der Waals surface area contributed by atoms with E-state index in [-0.39, 0.29) is 11.2 Å². The van der Waals surface area contributed by atoms with Crippen LogP contribution in [0.2, 0.25) is 0 Å². The lowest BCUT2D eigenvalue weighted by molar-refractivity contribution is -0.149. The van der Waals surface area contributed by atoms with Crippen molar-refractivity contribution < 1.29 is 9.90 Å². The Balaban J connectivity index is 1.35. The number of amides is 1. The van der Waals surface area contributed by atoms with Gasteiger partial charge in [-0.15, -0.1) is 0 Å². The summed E-state index contributed by atoms with van der Waals surface area (Å²) in [7, 11) is 0. The molecule has 4 heterocycles. The van der Waals surface area contributed by atoms with E-state index >= 15 is 0 Å². The summed E-state index contributed by atoms with van der Waals surface area (Å²) >= 11 is 0. The number of aromatic nitrogens is 1. The maximum Gasteiger partial charge on any atom is 0.228 e. The molecule has 1 spiro atoms. The van der Waals surface area contributed by atoms with E-state index in [1.54, 1.807) is 0 Å². The van der Waals surface area contributed by atoms with Crippen molar-refractivity contribution in [3.63, 3.8) is 0 Å². The normalized spacial score (nSPS) is 22.0. The van der Waals surface area contributed by atoms with Crippen LogP contribution in [0.15, 0.2) is 24.5 Å². The Morgan fingerprint density at radius 2 is 2.04 bits per heavy atom. The van der Waals surface area contributed by atoms with E-state index in [9.17, 15) is 9.90 Å². The summed E-state index contributed by atoms with van der Waals surface area (Å²) in [6.45, 7) is 8.44. The number of carbonyl (C=O) groups is 1. The first-order valence-electron chi connectivity index (χ1n) is 10.7. The van der Waals surface area contributed by atoms with E-state index in [1.165, 1.54) is 12.0 Å². The zero-order valence-electron chi connectivity index (χ0n) is 16.8. The first-order chi connectivity index (χ1) is 13.6. The van der Waals surface area contributed by atoms with Gasteiger partial charge in [0.1, 0.15) is 5.82 Å². The van der Waals surface area contributed by atoms with Gasteiger partial charge in [-0.2, -0.15) is 0 Å². The fourth-order valence-corrected chi connectivity index (χ4v) is 4.98. The molecule has 0 aliphatic carbocycles. The van der Waals surface area contributed by atoms with Gasteiger partial charge in [-0.25, -0.2) is 4.98 Å². The van der Waals surface area contributed by atoms with Crippen LogP contribution in [0.1, 0.15) is 43.4 Å². The lowest BCUT2D eigenvalue weighted by atomic mass is 9.71. The molecular weight excluding hydrogens is 352 g/mol. The number of hydrogen-bond acceptors (Lipinski definition) is 5. The number of hydrogen-bond donors (Lipinski definition) is 2. The first-order valence-corrected chi connectivity index (χ1v) is 10.7. The van der Waals surface area contributed by atoms with E-state index in [1.807, 2.05) is 0 Å². The van der Waals surface area contributed by atoms with Gasteiger partial charge in [0.25, 0.3) is 0 Å². The SMILES string of the molecule is C=C(O)CN1CCC2(CCCN(CCc3ccc4c(n3)NCCC4)C2=O)CC1. The van der Waals surface area contributed by atoms with E-state index in [0.717, 1.165) is 82.8 Å². The third kappa shape index (κ3) is 4.02. The molecule has 2 saturated heterocycles. The van der Waals surface area contributed by atoms with Crippen LogP contribution in [0.25, 0.3) is 0 Å². The Morgan fingerprint density at radius 1 is 1.21 bits per heavy atom. The molecule has 3 aliphatic heterocycles. The Kier molecular flexibility index (Phi) is 5.58. The summed E-state index contributed by atoms with van der Waals surface area (Å²) in [5.41, 5.74) is 2.17. The maximum atomic E-state index is 13.3. The lowest BCUT2D eigenvalue weighted by Crippen LogP contribution is -2.54. The molecule has 0 atom stereocenters. The Bertz CT molecular complexity index is 740. The number of rotatable bonds is 5. The van der Waals surface area contributed by atoms with E-state index in [2.05, 4.69) is 33.8 Å². The largest absolute Gasteiger partial charge is 0.512 e. The van der Waals surface area contributed by atoms with Crippen molar-refractivity contribution in [1.82, 2.24) is 14.8 Å². The van der Waals surface area contributed by atoms with Gasteiger partial charge in [-0.3, -0.25) is 9.69 Å². The summed E-state index contributed by atoms with van der Waals surface area (Å²) < 4.78 is 0. The molecule has 0 saturated carbocycles. The second kappa shape index (κ2) is 8.11. The molecule has 0 aromatic carbocycles. The Labute approximate surface area is 167 Å². The molecule has 2 fully saturated rings. The van der Waals surface area contributed by atoms with Crippen molar-refractivity contribution in [2.24, 2.45) is 5.41 Å². The Morgan fingerprint density at radius 3 is 2.82 bits per heavy atom. The fraction of sp³-hybridized carbons (Fsp3) is 0.636. The monoisotopic (exact) mass is 384 g/mol. The fourth-order valence-electron chi connectivity index (χ4n) is 4.98. The zero-order chi connectivity index (χ0) is 19.6. The lowest BCUT2D eigenvalue weighted by Gasteiger charge is -2.46. The topological polar surface area (TPSA) is 68.7 Å². The standard InChI is InChI=1S/C22H32N4O2/c1-17(27)16-25-14-9-22(10-15-25)8-3-12-26(21(22)28)13-7-19-6-5-18-4-2-11-23-20(18)24-19/h5-6,27H,1-4,7-16H2,(H,23,24). The van der Waals surface area contributed by atoms with Gasteiger partial charge < -0.3 is 15.3 Å². The number of carbonyl (C=O) groups excluding carboxylic acids is 1. The third-order valence-electron chi connectivity index (χ3n) is 6.63. The predicted molar refractivity (Wildman–Crippen MR) is 110 cm³/mol. The molecule has 2 N–H and O–H groups in total. The average Bonchev–Trinajstić information content (AvgIpc) is 2.70. The molecule has 1 aromatic rings. The second-order valence-corrected chi connectivity index (χ2v) is 8.61. The number of fused-ring (bicyclic) bond motifs is 1. The van der Waals surface area contributed by atoms with Gasteiger partial charge in [0.05, 0.1) is 17.7 Å². The van der Waals surface area contributed by atoms with Crippen LogP contribution in [0, 0.1) is 5.41 Å². The van der Waals surface area contributed by atoms with Crippen molar-refractivity contribution >= 4 is 11.7 Å². The van der Waals surface area contributed by atoms with Gasteiger partial charge in [0.2, 0.25) is 5.91 Å². The highest BCUT2D eigenvalue weighted by Crippen LogP contribution is 2.41. The molecule has 0 unspecified atom stereocenters. The molecule has 152 valence electrons. The minimum atomic E-state index is -0.198. The van der Waals surface area contributed by atoms with Gasteiger partial charge >= 0.3 is 0 Å². The smallest absolute Gasteiger partial charge is 0.228 e. The van der Waals surface area contributed by atoms with Gasteiger partial charge in [-0.1, -0.05) is 12.6 Å². The van der Waals surface area contributed by atoms with Crippen LogP contribution in [-0.2, 0) is 17.6 Å². The average molecular weight is 385 g/mol. The zero-order valence-corrected chi connectivity index (χ0v) is 16.8. The van der Waals surface area contributed by atoms with E-state index < -0.39 is 0 Å². The molecule has 6 nitrogen and oxygen atoms in total. The minimum absolute atomic E-state index is 0.198. The number of aliphatic hydroxyl groups is 1. The highest BCUT2D eigenvalue weighted by atomic mass is 16.3. The number of pyridine rings is 1. The number of aryl methyl sites for hydroxylation is 1. The molecule has 3 aliphatic rings. The number of likely N-dealkylation sites (tertiary alicyclic amines) is 2. The molecular formula is C22H32N4O2. The minimum Gasteiger partial charge on any atom is -0.512 e. The van der Waals surface area contributed by atoms with Crippen LogP contribution in [0.4, 0.5) is 5.82 Å². The van der Waals surface area contributed by atoms with Crippen LogP contribution >= 0.6 is 0 Å². The maximum absolute atomic E-state index is 13.3. The predicted octanol–water partition coefficient (Wildman–Crippen LogP) is 2.76. The van der Waals surface area contributed by atoms with E-state index in [4.69, 9.17) is 4.98 Å². The van der Waals surface area contributed by atoms with Crippen molar-refractivity contribution in [2.45, 2.75) is 44.9 Å². The third-order valence-corrected chi connectivity index (χ3v) is 6.63. The van der Waals surface area contributed by atoms with Crippen LogP contribution in [0.3, 0.4) is 0 Å². The Hall–Kier alpha value is -2.08. The van der Waals surface area contributed by atoms with Crippen molar-refractivity contribution in [3.05, 3.63) is 35.7 Å². The number of piperidine rings is 2. The van der Waals surface area contributed by atoms with Crippen molar-refractivity contribution in [3.8, 4) is 0 Å². The van der Waals surface area contributed by atoms with Gasteiger partial charge in [-0.05, 0) is 63.2 Å². The van der Waals surface area contributed by atoms with Crippen LogP contribution < -0.4 is 5.32 Å². The van der Waals surface area contributed by atoms with Crippen LogP contribution in [-0.4, -0.2) is 65.1 Å². The number of nitrogens with zero attached hydrogens (tertiary/aromatic N) is 3. The van der Waals surface area contributed by atoms with Gasteiger partial charge in [0, 0.05) is 31.7 Å². The molecule has 4 rings (SSSR count). The van der Waals surface area contributed by atoms with Crippen molar-refractivity contribution in [1.29, 1.82) is 0 Å². The number of nitrogens with one attached hydrogen (secondary N) is 1. The summed E-state index contributed by atoms with van der Waals surface area (Å²) in [4.78, 5) is 22.3. The molecule has 0 bridgehead atoms. The van der Waals surface area contributed by atoms with Gasteiger partial charge in [0.15, 0.2) is 0 Å². The number of aliphatic hydroxyl groups excluding tert-OH is 1. The molecule has 1 amide bonds. The number of anilines is 1. The quantitative estimate of drug-likeness (QED) is 0.764.